The predicted octanol–water partition coefficient (Wildman–Crippen LogP) is 0.130. The highest BCUT2D eigenvalue weighted by Crippen LogP contribution is 2.12. The first kappa shape index (κ1) is 6.99. The Morgan fingerprint density at radius 3 is 2.78 bits per heavy atom. The summed E-state index contributed by atoms with van der Waals surface area (Å²) >= 11 is 0. The van der Waals surface area contributed by atoms with Gasteiger partial charge in [0.2, 0.25) is 0 Å². The lowest BCUT2D eigenvalue weighted by Gasteiger charge is -2.24. The summed E-state index contributed by atoms with van der Waals surface area (Å²) in [6.45, 7) is 0.415. The highest BCUT2D eigenvalue weighted by molar-refractivity contribution is 4.62. The summed E-state index contributed by atoms with van der Waals surface area (Å²) in [7, 11) is 1.61. The maximum atomic E-state index is 8.94. The van der Waals surface area contributed by atoms with Gasteiger partial charge in [-0.3, -0.25) is 0 Å². The first-order valence-corrected chi connectivity index (χ1v) is 3.15. The van der Waals surface area contributed by atoms with E-state index in [2.05, 4.69) is 0 Å². The summed E-state index contributed by atoms with van der Waals surface area (Å²) in [6.07, 6.45) is 1.22. The Hall–Kier alpha value is -0.120. The fraction of sp³-hybridized carbons (Fsp3) is 1.00. The molecular weight excluding hydrogens is 120 g/mol. The number of hydrogen-bond donors (Lipinski definition) is 1. The Labute approximate surface area is 54.6 Å². The first-order valence-electron chi connectivity index (χ1n) is 3.15. The van der Waals surface area contributed by atoms with Crippen LogP contribution < -0.4 is 0 Å². The Morgan fingerprint density at radius 1 is 1.56 bits per heavy atom. The van der Waals surface area contributed by atoms with Gasteiger partial charge < -0.3 is 14.6 Å². The quantitative estimate of drug-likeness (QED) is 0.551. The molecule has 0 aromatic heterocycles. The van der Waals surface area contributed by atoms with Gasteiger partial charge in [-0.05, 0) is 6.42 Å². The molecule has 1 N–H and O–H groups in total. The van der Waals surface area contributed by atoms with Crippen LogP contribution in [0.5, 0.6) is 0 Å². The lowest BCUT2D eigenvalue weighted by Crippen LogP contribution is -2.30. The van der Waals surface area contributed by atoms with Crippen molar-refractivity contribution in [2.75, 3.05) is 13.7 Å². The molecule has 1 fully saturated rings. The number of ether oxygens (including phenoxy) is 2. The van der Waals surface area contributed by atoms with Crippen LogP contribution in [0.2, 0.25) is 0 Å². The fourth-order valence-corrected chi connectivity index (χ4v) is 0.899. The molecule has 0 amide bonds. The van der Waals surface area contributed by atoms with Gasteiger partial charge in [-0.1, -0.05) is 0 Å². The topological polar surface area (TPSA) is 38.7 Å². The molecule has 1 heterocycles. The molecule has 0 saturated carbocycles. The second kappa shape index (κ2) is 3.15. The molecule has 0 aromatic carbocycles. The second-order valence-corrected chi connectivity index (χ2v) is 2.23. The average Bonchev–Trinajstić information content (AvgIpc) is 1.90. The zero-order valence-electron chi connectivity index (χ0n) is 5.54. The lowest BCUT2D eigenvalue weighted by molar-refractivity contribution is -0.172. The van der Waals surface area contributed by atoms with E-state index < -0.39 is 0 Å². The van der Waals surface area contributed by atoms with Crippen LogP contribution in [0, 0.1) is 0 Å². The van der Waals surface area contributed by atoms with Crippen LogP contribution in [0.25, 0.3) is 0 Å². The Morgan fingerprint density at radius 2 is 2.33 bits per heavy atom. The molecule has 9 heavy (non-hydrogen) atoms. The van der Waals surface area contributed by atoms with Crippen LogP contribution in [0.15, 0.2) is 0 Å². The highest BCUT2D eigenvalue weighted by atomic mass is 16.7. The number of rotatable bonds is 1. The van der Waals surface area contributed by atoms with Crippen LogP contribution in [-0.4, -0.2) is 31.2 Å². The van der Waals surface area contributed by atoms with Gasteiger partial charge in [0.05, 0.1) is 12.7 Å². The molecule has 0 unspecified atom stereocenters. The molecule has 1 saturated heterocycles. The number of hydrogen-bond acceptors (Lipinski definition) is 3. The van der Waals surface area contributed by atoms with E-state index >= 15 is 0 Å². The third kappa shape index (κ3) is 1.93. The molecule has 0 spiro atoms. The second-order valence-electron chi connectivity index (χ2n) is 2.23. The summed E-state index contributed by atoms with van der Waals surface area (Å²) in [6, 6.07) is 0. The molecule has 0 aromatic rings. The van der Waals surface area contributed by atoms with Gasteiger partial charge in [-0.2, -0.15) is 0 Å². The molecule has 54 valence electrons. The molecule has 2 atom stereocenters. The molecule has 0 bridgehead atoms. The minimum atomic E-state index is -0.281. The van der Waals surface area contributed by atoms with Crippen LogP contribution in [-0.2, 0) is 9.47 Å². The van der Waals surface area contributed by atoms with E-state index in [1.165, 1.54) is 0 Å². The van der Waals surface area contributed by atoms with Crippen molar-refractivity contribution in [3.63, 3.8) is 0 Å². The summed E-state index contributed by atoms with van der Waals surface area (Å²) in [5, 5.41) is 8.94. The van der Waals surface area contributed by atoms with Crippen molar-refractivity contribution in [2.45, 2.75) is 25.2 Å². The Bertz CT molecular complexity index is 76.4. The summed E-state index contributed by atoms with van der Waals surface area (Å²) in [5.74, 6) is 0. The Balaban J connectivity index is 2.18. The summed E-state index contributed by atoms with van der Waals surface area (Å²) in [4.78, 5) is 0. The minimum Gasteiger partial charge on any atom is -0.391 e. The normalized spacial score (nSPS) is 36.7. The van der Waals surface area contributed by atoms with E-state index in [0.717, 1.165) is 12.8 Å². The van der Waals surface area contributed by atoms with Gasteiger partial charge in [-0.15, -0.1) is 0 Å². The van der Waals surface area contributed by atoms with Gasteiger partial charge >= 0.3 is 0 Å². The van der Waals surface area contributed by atoms with E-state index in [1.54, 1.807) is 7.11 Å². The van der Waals surface area contributed by atoms with Crippen LogP contribution >= 0.6 is 0 Å². The minimum absolute atomic E-state index is 0.0894. The van der Waals surface area contributed by atoms with Crippen LogP contribution in [0.3, 0.4) is 0 Å². The molecule has 3 nitrogen and oxygen atoms in total. The summed E-state index contributed by atoms with van der Waals surface area (Å²) < 4.78 is 9.97. The van der Waals surface area contributed by atoms with E-state index in [0.29, 0.717) is 6.61 Å². The molecule has 1 rings (SSSR count). The number of aliphatic hydroxyl groups excluding tert-OH is 1. The van der Waals surface area contributed by atoms with Gasteiger partial charge in [0.1, 0.15) is 0 Å². The Kier molecular flexibility index (Phi) is 2.45. The SMILES string of the molecule is CO[C@@H]1CC[C@@H](O)CO1. The van der Waals surface area contributed by atoms with Gasteiger partial charge in [0, 0.05) is 13.5 Å². The van der Waals surface area contributed by atoms with Gasteiger partial charge in [-0.25, -0.2) is 0 Å². The van der Waals surface area contributed by atoms with Crippen molar-refractivity contribution >= 4 is 0 Å². The van der Waals surface area contributed by atoms with E-state index in [4.69, 9.17) is 14.6 Å². The predicted molar refractivity (Wildman–Crippen MR) is 32.0 cm³/mol. The van der Waals surface area contributed by atoms with Crippen molar-refractivity contribution in [1.82, 2.24) is 0 Å². The standard InChI is InChI=1S/C6H12O3/c1-8-6-3-2-5(7)4-9-6/h5-7H,2-4H2,1H3/t5-,6+/m1/s1. The highest BCUT2D eigenvalue weighted by Gasteiger charge is 2.18. The van der Waals surface area contributed by atoms with Crippen LogP contribution in [0.4, 0.5) is 0 Å². The monoisotopic (exact) mass is 132 g/mol. The molecule has 1 aliphatic heterocycles. The number of aliphatic hydroxyl groups is 1. The smallest absolute Gasteiger partial charge is 0.157 e. The summed E-state index contributed by atoms with van der Waals surface area (Å²) in [5.41, 5.74) is 0. The zero-order chi connectivity index (χ0) is 6.69. The zero-order valence-corrected chi connectivity index (χ0v) is 5.54. The molecule has 1 aliphatic rings. The van der Waals surface area contributed by atoms with Crippen molar-refractivity contribution in [1.29, 1.82) is 0 Å². The van der Waals surface area contributed by atoms with Crippen molar-refractivity contribution in [2.24, 2.45) is 0 Å². The van der Waals surface area contributed by atoms with Crippen molar-refractivity contribution in [3.8, 4) is 0 Å². The van der Waals surface area contributed by atoms with Gasteiger partial charge in [0.15, 0.2) is 6.29 Å². The lowest BCUT2D eigenvalue weighted by atomic mass is 10.1. The van der Waals surface area contributed by atoms with Gasteiger partial charge in [0.25, 0.3) is 0 Å². The number of methoxy groups -OCH3 is 1. The first-order chi connectivity index (χ1) is 4.33. The maximum Gasteiger partial charge on any atom is 0.157 e. The maximum absolute atomic E-state index is 8.94. The van der Waals surface area contributed by atoms with Crippen molar-refractivity contribution in [3.05, 3.63) is 0 Å². The van der Waals surface area contributed by atoms with Crippen LogP contribution in [0.1, 0.15) is 12.8 Å². The third-order valence-electron chi connectivity index (χ3n) is 1.47. The van der Waals surface area contributed by atoms with E-state index in [9.17, 15) is 0 Å². The molecular formula is C6H12O3. The van der Waals surface area contributed by atoms with E-state index in [1.807, 2.05) is 0 Å². The molecule has 0 radical (unpaired) electrons. The largest absolute Gasteiger partial charge is 0.391 e. The van der Waals surface area contributed by atoms with E-state index in [-0.39, 0.29) is 12.4 Å². The fourth-order valence-electron chi connectivity index (χ4n) is 0.899. The molecule has 3 heteroatoms. The molecule has 0 aliphatic carbocycles. The average molecular weight is 132 g/mol. The third-order valence-corrected chi connectivity index (χ3v) is 1.47. The van der Waals surface area contributed by atoms with Crippen molar-refractivity contribution < 1.29 is 14.6 Å².